The minimum atomic E-state index is -0.304. The smallest absolute Gasteiger partial charge is 0.338 e. The number of esters is 1. The number of carbonyl (C=O) groups is 1. The average molecular weight is 276 g/mol. The Labute approximate surface area is 124 Å². The van der Waals surface area contributed by atoms with E-state index in [9.17, 15) is 4.79 Å². The molecule has 3 aromatic carbocycles. The number of aryl methyl sites for hydroxylation is 1. The van der Waals surface area contributed by atoms with Crippen molar-refractivity contribution in [3.63, 3.8) is 0 Å². The summed E-state index contributed by atoms with van der Waals surface area (Å²) >= 11 is 0. The van der Waals surface area contributed by atoms with Crippen LogP contribution in [-0.2, 0) is 4.74 Å². The van der Waals surface area contributed by atoms with Crippen LogP contribution >= 0.6 is 0 Å². The topological polar surface area (TPSA) is 26.3 Å². The summed E-state index contributed by atoms with van der Waals surface area (Å²) in [5, 5.41) is 2.30. The predicted molar refractivity (Wildman–Crippen MR) is 85.5 cm³/mol. The van der Waals surface area contributed by atoms with Crippen LogP contribution in [0.3, 0.4) is 0 Å². The molecular formula is C19H16O2. The molecule has 0 aliphatic heterocycles. The molecule has 3 aromatic rings. The van der Waals surface area contributed by atoms with Crippen LogP contribution in [0.15, 0.2) is 60.7 Å². The molecule has 0 amide bonds. The van der Waals surface area contributed by atoms with E-state index in [1.54, 1.807) is 0 Å². The molecule has 0 saturated heterocycles. The number of hydrogen-bond donors (Lipinski definition) is 0. The first kappa shape index (κ1) is 13.4. The Morgan fingerprint density at radius 3 is 2.43 bits per heavy atom. The molecule has 2 heteroatoms. The van der Waals surface area contributed by atoms with Gasteiger partial charge >= 0.3 is 5.97 Å². The molecule has 2 nitrogen and oxygen atoms in total. The maximum Gasteiger partial charge on any atom is 0.338 e. The van der Waals surface area contributed by atoms with Gasteiger partial charge in [-0.3, -0.25) is 0 Å². The highest BCUT2D eigenvalue weighted by Gasteiger charge is 2.16. The largest absolute Gasteiger partial charge is 0.465 e. The second kappa shape index (κ2) is 5.41. The first-order valence-electron chi connectivity index (χ1n) is 6.88. The molecule has 3 rings (SSSR count). The third-order valence-corrected chi connectivity index (χ3v) is 3.74. The third-order valence-electron chi connectivity index (χ3n) is 3.74. The minimum absolute atomic E-state index is 0.304. The van der Waals surface area contributed by atoms with Gasteiger partial charge in [-0.25, -0.2) is 4.79 Å². The number of methoxy groups -OCH3 is 1. The molecule has 0 atom stereocenters. The molecule has 0 aliphatic rings. The van der Waals surface area contributed by atoms with Crippen LogP contribution in [0, 0.1) is 6.92 Å². The van der Waals surface area contributed by atoms with Crippen molar-refractivity contribution in [1.82, 2.24) is 0 Å². The Hall–Kier alpha value is -2.61. The molecule has 0 saturated carbocycles. The van der Waals surface area contributed by atoms with E-state index in [4.69, 9.17) is 4.74 Å². The lowest BCUT2D eigenvalue weighted by molar-refractivity contribution is 0.0601. The van der Waals surface area contributed by atoms with E-state index in [0.29, 0.717) is 5.56 Å². The Balaban J connectivity index is 2.36. The molecule has 0 aromatic heterocycles. The van der Waals surface area contributed by atoms with Crippen LogP contribution in [0.2, 0.25) is 0 Å². The van der Waals surface area contributed by atoms with Crippen molar-refractivity contribution in [3.05, 3.63) is 71.8 Å². The summed E-state index contributed by atoms with van der Waals surface area (Å²) in [5.41, 5.74) is 3.68. The number of benzene rings is 3. The normalized spacial score (nSPS) is 10.6. The third kappa shape index (κ3) is 2.29. The van der Waals surface area contributed by atoms with Crippen LogP contribution in [0.25, 0.3) is 21.9 Å². The molecule has 21 heavy (non-hydrogen) atoms. The van der Waals surface area contributed by atoms with E-state index in [-0.39, 0.29) is 5.97 Å². The fourth-order valence-corrected chi connectivity index (χ4v) is 2.75. The van der Waals surface area contributed by atoms with E-state index in [0.717, 1.165) is 27.5 Å². The van der Waals surface area contributed by atoms with Crippen molar-refractivity contribution in [2.75, 3.05) is 7.11 Å². The van der Waals surface area contributed by atoms with Crippen LogP contribution in [0.5, 0.6) is 0 Å². The molecule has 0 aliphatic carbocycles. The van der Waals surface area contributed by atoms with Gasteiger partial charge in [0.25, 0.3) is 0 Å². The van der Waals surface area contributed by atoms with Gasteiger partial charge in [0.15, 0.2) is 0 Å². The second-order valence-corrected chi connectivity index (χ2v) is 5.02. The van der Waals surface area contributed by atoms with Gasteiger partial charge < -0.3 is 4.74 Å². The van der Waals surface area contributed by atoms with Gasteiger partial charge in [0.1, 0.15) is 0 Å². The average Bonchev–Trinajstić information content (AvgIpc) is 2.53. The van der Waals surface area contributed by atoms with E-state index in [1.165, 1.54) is 7.11 Å². The van der Waals surface area contributed by atoms with Crippen LogP contribution < -0.4 is 0 Å². The maximum absolute atomic E-state index is 12.1. The summed E-state index contributed by atoms with van der Waals surface area (Å²) in [6.07, 6.45) is 0. The summed E-state index contributed by atoms with van der Waals surface area (Å²) in [5.74, 6) is -0.304. The van der Waals surface area contributed by atoms with E-state index >= 15 is 0 Å². The summed E-state index contributed by atoms with van der Waals surface area (Å²) in [6, 6.07) is 20.1. The summed E-state index contributed by atoms with van der Waals surface area (Å²) in [6.45, 7) is 2.02. The van der Waals surface area contributed by atoms with Crippen LogP contribution in [-0.4, -0.2) is 13.1 Å². The number of hydrogen-bond acceptors (Lipinski definition) is 2. The zero-order valence-corrected chi connectivity index (χ0v) is 12.1. The van der Waals surface area contributed by atoms with E-state index in [1.807, 2.05) is 43.3 Å². The van der Waals surface area contributed by atoms with Crippen molar-refractivity contribution >= 4 is 16.7 Å². The van der Waals surface area contributed by atoms with E-state index < -0.39 is 0 Å². The van der Waals surface area contributed by atoms with Gasteiger partial charge in [0.2, 0.25) is 0 Å². The van der Waals surface area contributed by atoms with E-state index in [2.05, 4.69) is 24.3 Å². The van der Waals surface area contributed by atoms with Gasteiger partial charge in [-0.1, -0.05) is 54.6 Å². The van der Waals surface area contributed by atoms with Gasteiger partial charge in [-0.15, -0.1) is 0 Å². The van der Waals surface area contributed by atoms with Crippen molar-refractivity contribution < 1.29 is 9.53 Å². The van der Waals surface area contributed by atoms with Gasteiger partial charge in [0.05, 0.1) is 12.7 Å². The molecule has 0 unspecified atom stereocenters. The quantitative estimate of drug-likeness (QED) is 0.639. The highest BCUT2D eigenvalue weighted by atomic mass is 16.5. The minimum Gasteiger partial charge on any atom is -0.465 e. The first-order valence-corrected chi connectivity index (χ1v) is 6.88. The zero-order valence-electron chi connectivity index (χ0n) is 12.1. The zero-order chi connectivity index (χ0) is 14.8. The second-order valence-electron chi connectivity index (χ2n) is 5.02. The number of rotatable bonds is 2. The summed E-state index contributed by atoms with van der Waals surface area (Å²) in [4.78, 5) is 12.1. The molecule has 0 N–H and O–H groups in total. The van der Waals surface area contributed by atoms with Gasteiger partial charge in [-0.2, -0.15) is 0 Å². The highest BCUT2D eigenvalue weighted by Crippen LogP contribution is 2.33. The Morgan fingerprint density at radius 2 is 1.62 bits per heavy atom. The Kier molecular flexibility index (Phi) is 3.44. The Morgan fingerprint density at radius 1 is 0.905 bits per heavy atom. The summed E-state index contributed by atoms with van der Waals surface area (Å²) in [7, 11) is 1.41. The summed E-state index contributed by atoms with van der Waals surface area (Å²) < 4.78 is 4.93. The van der Waals surface area contributed by atoms with Crippen LogP contribution in [0.1, 0.15) is 15.9 Å². The maximum atomic E-state index is 12.1. The standard InChI is InChI=1S/C19H16O2/c1-13-7-5-12-17(19(20)21-2)18(13)16-11-6-9-14-8-3-4-10-15(14)16/h3-12H,1-2H3. The fourth-order valence-electron chi connectivity index (χ4n) is 2.75. The van der Waals surface area contributed by atoms with Crippen molar-refractivity contribution in [2.45, 2.75) is 6.92 Å². The molecule has 0 spiro atoms. The van der Waals surface area contributed by atoms with Crippen molar-refractivity contribution in [1.29, 1.82) is 0 Å². The number of carbonyl (C=O) groups excluding carboxylic acids is 1. The molecule has 0 heterocycles. The SMILES string of the molecule is COC(=O)c1cccc(C)c1-c1cccc2ccccc12. The molecular weight excluding hydrogens is 260 g/mol. The highest BCUT2D eigenvalue weighted by molar-refractivity contribution is 6.04. The lowest BCUT2D eigenvalue weighted by Gasteiger charge is -2.13. The predicted octanol–water partition coefficient (Wildman–Crippen LogP) is 4.60. The van der Waals surface area contributed by atoms with Gasteiger partial charge in [0, 0.05) is 0 Å². The number of ether oxygens (including phenoxy) is 1. The lowest BCUT2D eigenvalue weighted by atomic mass is 9.91. The van der Waals surface area contributed by atoms with Crippen molar-refractivity contribution in [3.8, 4) is 11.1 Å². The first-order chi connectivity index (χ1) is 10.2. The van der Waals surface area contributed by atoms with Crippen LogP contribution in [0.4, 0.5) is 0 Å². The fraction of sp³-hybridized carbons (Fsp3) is 0.105. The number of fused-ring (bicyclic) bond motifs is 1. The molecule has 104 valence electrons. The lowest BCUT2D eigenvalue weighted by Crippen LogP contribution is -2.04. The van der Waals surface area contributed by atoms with Gasteiger partial charge in [-0.05, 0) is 40.5 Å². The molecule has 0 radical (unpaired) electrons. The Bertz CT molecular complexity index is 813. The monoisotopic (exact) mass is 276 g/mol. The van der Waals surface area contributed by atoms with Crippen molar-refractivity contribution in [2.24, 2.45) is 0 Å². The molecule has 0 bridgehead atoms. The molecule has 0 fully saturated rings.